The van der Waals surface area contributed by atoms with E-state index in [1.165, 1.54) is 10.7 Å². The van der Waals surface area contributed by atoms with Crippen LogP contribution in [0.5, 0.6) is 0 Å². The fraction of sp³-hybridized carbons (Fsp3) is 0.389. The van der Waals surface area contributed by atoms with E-state index in [1.54, 1.807) is 13.0 Å². The monoisotopic (exact) mass is 311 g/mol. The molecule has 1 aliphatic rings. The van der Waals surface area contributed by atoms with E-state index in [0.717, 1.165) is 35.3 Å². The minimum Gasteiger partial charge on any atom is -0.324 e. The molecule has 1 N–H and O–H groups in total. The first-order valence-electron chi connectivity index (χ1n) is 7.93. The van der Waals surface area contributed by atoms with E-state index in [2.05, 4.69) is 10.4 Å². The summed E-state index contributed by atoms with van der Waals surface area (Å²) in [5.41, 5.74) is 3.55. The fourth-order valence-electron chi connectivity index (χ4n) is 2.62. The van der Waals surface area contributed by atoms with Gasteiger partial charge in [-0.05, 0) is 51.3 Å². The molecule has 0 bridgehead atoms. The second kappa shape index (κ2) is 5.99. The average molecular weight is 311 g/mol. The molecule has 1 aliphatic carbocycles. The van der Waals surface area contributed by atoms with Gasteiger partial charge in [0.1, 0.15) is 6.04 Å². The smallest absolute Gasteiger partial charge is 0.267 e. The summed E-state index contributed by atoms with van der Waals surface area (Å²) in [5, 5.41) is 7.27. The molecule has 0 radical (unpaired) electrons. The van der Waals surface area contributed by atoms with Crippen molar-refractivity contribution in [2.75, 3.05) is 5.32 Å². The zero-order valence-electron chi connectivity index (χ0n) is 13.7. The second-order valence-corrected chi connectivity index (χ2v) is 6.30. The number of nitrogens with zero attached hydrogens (tertiary/aromatic N) is 2. The number of hydrogen-bond donors (Lipinski definition) is 1. The van der Waals surface area contributed by atoms with Crippen LogP contribution >= 0.6 is 0 Å². The van der Waals surface area contributed by atoms with Gasteiger partial charge in [-0.1, -0.05) is 17.7 Å². The maximum atomic E-state index is 12.5. The summed E-state index contributed by atoms with van der Waals surface area (Å²) in [4.78, 5) is 24.5. The molecule has 1 amide bonds. The first-order valence-corrected chi connectivity index (χ1v) is 7.93. The number of nitrogens with one attached hydrogen (secondary N) is 1. The van der Waals surface area contributed by atoms with Crippen LogP contribution in [0, 0.1) is 13.8 Å². The minimum atomic E-state index is -0.651. The number of amides is 1. The minimum absolute atomic E-state index is 0.237. The highest BCUT2D eigenvalue weighted by Gasteiger charge is 2.27. The van der Waals surface area contributed by atoms with Crippen molar-refractivity contribution in [3.63, 3.8) is 0 Å². The summed E-state index contributed by atoms with van der Waals surface area (Å²) >= 11 is 0. The van der Waals surface area contributed by atoms with E-state index in [0.29, 0.717) is 5.92 Å². The van der Waals surface area contributed by atoms with Gasteiger partial charge < -0.3 is 5.32 Å². The summed E-state index contributed by atoms with van der Waals surface area (Å²) in [6.45, 7) is 5.66. The van der Waals surface area contributed by atoms with Crippen molar-refractivity contribution in [3.05, 3.63) is 57.5 Å². The molecule has 3 rings (SSSR count). The molecule has 0 aliphatic heterocycles. The van der Waals surface area contributed by atoms with Crippen molar-refractivity contribution in [3.8, 4) is 0 Å². The van der Waals surface area contributed by atoms with Gasteiger partial charge in [0, 0.05) is 17.7 Å². The molecule has 0 saturated heterocycles. The number of anilines is 1. The van der Waals surface area contributed by atoms with Crippen molar-refractivity contribution in [1.29, 1.82) is 0 Å². The quantitative estimate of drug-likeness (QED) is 0.944. The standard InChI is InChI=1S/C18H21N3O2/c1-11-4-7-15(12(2)10-11)19-18(23)13(3)21-17(22)9-8-16(20-21)14-5-6-14/h4,7-10,13-14H,5-6H2,1-3H3,(H,19,23). The Morgan fingerprint density at radius 1 is 1.26 bits per heavy atom. The molecular formula is C18H21N3O2. The van der Waals surface area contributed by atoms with E-state index in [1.807, 2.05) is 32.0 Å². The third kappa shape index (κ3) is 3.33. The Bertz CT molecular complexity index is 806. The van der Waals surface area contributed by atoms with Gasteiger partial charge in [0.15, 0.2) is 0 Å². The van der Waals surface area contributed by atoms with Crippen LogP contribution < -0.4 is 10.9 Å². The maximum Gasteiger partial charge on any atom is 0.267 e. The lowest BCUT2D eigenvalue weighted by Crippen LogP contribution is -2.33. The van der Waals surface area contributed by atoms with Gasteiger partial charge in [0.25, 0.3) is 5.56 Å². The summed E-state index contributed by atoms with van der Waals surface area (Å²) < 4.78 is 1.28. The van der Waals surface area contributed by atoms with Gasteiger partial charge in [-0.2, -0.15) is 5.10 Å². The Morgan fingerprint density at radius 3 is 2.65 bits per heavy atom. The van der Waals surface area contributed by atoms with Crippen molar-refractivity contribution in [2.45, 2.75) is 45.6 Å². The first-order chi connectivity index (χ1) is 11.0. The number of carbonyl (C=O) groups excluding carboxylic acids is 1. The van der Waals surface area contributed by atoms with Gasteiger partial charge in [-0.15, -0.1) is 0 Å². The zero-order chi connectivity index (χ0) is 16.6. The maximum absolute atomic E-state index is 12.5. The van der Waals surface area contributed by atoms with E-state index in [9.17, 15) is 9.59 Å². The molecule has 120 valence electrons. The lowest BCUT2D eigenvalue weighted by Gasteiger charge is -2.16. The van der Waals surface area contributed by atoms with Crippen LogP contribution in [-0.4, -0.2) is 15.7 Å². The molecule has 5 nitrogen and oxygen atoms in total. The second-order valence-electron chi connectivity index (χ2n) is 6.30. The van der Waals surface area contributed by atoms with E-state index >= 15 is 0 Å². The Kier molecular flexibility index (Phi) is 4.03. The number of aromatic nitrogens is 2. The van der Waals surface area contributed by atoms with Gasteiger partial charge in [0.05, 0.1) is 5.69 Å². The van der Waals surface area contributed by atoms with Gasteiger partial charge in [0.2, 0.25) is 5.91 Å². The van der Waals surface area contributed by atoms with Crippen LogP contribution in [-0.2, 0) is 4.79 Å². The van der Waals surface area contributed by atoms with Gasteiger partial charge in [-0.3, -0.25) is 9.59 Å². The SMILES string of the molecule is Cc1ccc(NC(=O)C(C)n2nc(C3CC3)ccc2=O)c(C)c1. The van der Waals surface area contributed by atoms with Gasteiger partial charge >= 0.3 is 0 Å². The van der Waals surface area contributed by atoms with E-state index in [-0.39, 0.29) is 11.5 Å². The first kappa shape index (κ1) is 15.5. The Labute approximate surface area is 135 Å². The number of aryl methyl sites for hydroxylation is 2. The van der Waals surface area contributed by atoms with Crippen LogP contribution in [0.15, 0.2) is 35.1 Å². The van der Waals surface area contributed by atoms with Crippen LogP contribution in [0.1, 0.15) is 48.5 Å². The summed E-state index contributed by atoms with van der Waals surface area (Å²) in [6.07, 6.45) is 2.21. The van der Waals surface area contributed by atoms with E-state index < -0.39 is 6.04 Å². The average Bonchev–Trinajstić information content (AvgIpc) is 3.34. The van der Waals surface area contributed by atoms with Gasteiger partial charge in [-0.25, -0.2) is 4.68 Å². The number of rotatable bonds is 4. The summed E-state index contributed by atoms with van der Waals surface area (Å²) in [5.74, 6) is 0.205. The van der Waals surface area contributed by atoms with Crippen LogP contribution in [0.2, 0.25) is 0 Å². The molecular weight excluding hydrogens is 290 g/mol. The molecule has 1 atom stereocenters. The molecule has 1 aromatic carbocycles. The molecule has 2 aromatic rings. The Morgan fingerprint density at radius 2 is 2.00 bits per heavy atom. The lowest BCUT2D eigenvalue weighted by molar-refractivity contribution is -0.119. The molecule has 23 heavy (non-hydrogen) atoms. The third-order valence-corrected chi connectivity index (χ3v) is 4.23. The molecule has 1 fully saturated rings. The molecule has 0 spiro atoms. The summed E-state index contributed by atoms with van der Waals surface area (Å²) in [6, 6.07) is 8.46. The number of benzene rings is 1. The molecule has 1 heterocycles. The van der Waals surface area contributed by atoms with Crippen LogP contribution in [0.25, 0.3) is 0 Å². The predicted molar refractivity (Wildman–Crippen MR) is 89.7 cm³/mol. The van der Waals surface area contributed by atoms with Crippen molar-refractivity contribution < 1.29 is 4.79 Å². The predicted octanol–water partition coefficient (Wildman–Crippen LogP) is 2.94. The Balaban J connectivity index is 1.82. The van der Waals surface area contributed by atoms with E-state index in [4.69, 9.17) is 0 Å². The normalized spacial score (nSPS) is 15.3. The Hall–Kier alpha value is -2.43. The highest BCUT2D eigenvalue weighted by molar-refractivity contribution is 5.94. The number of hydrogen-bond acceptors (Lipinski definition) is 3. The number of carbonyl (C=O) groups is 1. The topological polar surface area (TPSA) is 64.0 Å². The highest BCUT2D eigenvalue weighted by atomic mass is 16.2. The van der Waals surface area contributed by atoms with Crippen molar-refractivity contribution >= 4 is 11.6 Å². The molecule has 1 saturated carbocycles. The largest absolute Gasteiger partial charge is 0.324 e. The highest BCUT2D eigenvalue weighted by Crippen LogP contribution is 2.38. The van der Waals surface area contributed by atoms with Crippen LogP contribution in [0.4, 0.5) is 5.69 Å². The molecule has 1 aromatic heterocycles. The summed E-state index contributed by atoms with van der Waals surface area (Å²) in [7, 11) is 0. The molecule has 1 unspecified atom stereocenters. The van der Waals surface area contributed by atoms with Crippen molar-refractivity contribution in [1.82, 2.24) is 9.78 Å². The molecule has 5 heteroatoms. The third-order valence-electron chi connectivity index (χ3n) is 4.23. The van der Waals surface area contributed by atoms with Crippen molar-refractivity contribution in [2.24, 2.45) is 0 Å². The van der Waals surface area contributed by atoms with Crippen LogP contribution in [0.3, 0.4) is 0 Å². The lowest BCUT2D eigenvalue weighted by atomic mass is 10.1. The zero-order valence-corrected chi connectivity index (χ0v) is 13.7. The fourth-order valence-corrected chi connectivity index (χ4v) is 2.62.